The maximum Gasteiger partial charge on any atom is 0.335 e. The Bertz CT molecular complexity index is 506. The van der Waals surface area contributed by atoms with Crippen molar-refractivity contribution in [2.75, 3.05) is 26.2 Å². The average molecular weight is 290 g/mol. The van der Waals surface area contributed by atoms with Crippen molar-refractivity contribution >= 4 is 5.97 Å². The molecule has 1 aromatic rings. The molecule has 3 rings (SSSR count). The van der Waals surface area contributed by atoms with Gasteiger partial charge in [-0.3, -0.25) is 4.90 Å². The second-order valence-corrected chi connectivity index (χ2v) is 5.78. The number of carboxylic acids is 1. The van der Waals surface area contributed by atoms with Gasteiger partial charge >= 0.3 is 5.97 Å². The Morgan fingerprint density at radius 1 is 1.38 bits per heavy atom. The summed E-state index contributed by atoms with van der Waals surface area (Å²) >= 11 is 0. The van der Waals surface area contributed by atoms with Crippen molar-refractivity contribution in [1.82, 2.24) is 10.2 Å². The van der Waals surface area contributed by atoms with Crippen molar-refractivity contribution in [3.05, 3.63) is 29.8 Å². The first-order valence-electron chi connectivity index (χ1n) is 7.67. The molecule has 2 saturated heterocycles. The summed E-state index contributed by atoms with van der Waals surface area (Å²) in [4.78, 5) is 13.5. The fourth-order valence-electron chi connectivity index (χ4n) is 3.45. The van der Waals surface area contributed by atoms with Gasteiger partial charge in [-0.2, -0.15) is 0 Å². The van der Waals surface area contributed by atoms with Crippen LogP contribution in [-0.2, 0) is 0 Å². The molecule has 0 aromatic heterocycles. The first kappa shape index (κ1) is 14.4. The lowest BCUT2D eigenvalue weighted by molar-refractivity contribution is 0.0696. The van der Waals surface area contributed by atoms with E-state index in [9.17, 15) is 4.79 Å². The number of rotatable bonds is 6. The van der Waals surface area contributed by atoms with E-state index in [0.717, 1.165) is 6.54 Å². The minimum absolute atomic E-state index is 0.262. The van der Waals surface area contributed by atoms with Gasteiger partial charge in [-0.1, -0.05) is 6.07 Å². The summed E-state index contributed by atoms with van der Waals surface area (Å²) in [5.74, 6) is -0.309. The van der Waals surface area contributed by atoms with Crippen LogP contribution in [0.5, 0.6) is 5.75 Å². The minimum Gasteiger partial charge on any atom is -0.492 e. The molecule has 2 N–H and O–H groups in total. The van der Waals surface area contributed by atoms with Gasteiger partial charge in [-0.15, -0.1) is 0 Å². The van der Waals surface area contributed by atoms with E-state index in [0.29, 0.717) is 24.4 Å². The predicted octanol–water partition coefficient (Wildman–Crippen LogP) is 1.59. The Kier molecular flexibility index (Phi) is 4.41. The summed E-state index contributed by atoms with van der Waals surface area (Å²) in [7, 11) is 0. The molecule has 2 aliphatic heterocycles. The zero-order chi connectivity index (χ0) is 14.7. The molecule has 21 heavy (non-hydrogen) atoms. The maximum atomic E-state index is 10.9. The molecule has 2 aliphatic rings. The number of hydrogen-bond acceptors (Lipinski definition) is 4. The number of benzene rings is 1. The van der Waals surface area contributed by atoms with Gasteiger partial charge in [0.05, 0.1) is 5.56 Å². The van der Waals surface area contributed by atoms with Crippen LogP contribution in [-0.4, -0.2) is 54.3 Å². The quantitative estimate of drug-likeness (QED) is 0.779. The molecule has 5 heteroatoms. The summed E-state index contributed by atoms with van der Waals surface area (Å²) < 4.78 is 5.63. The fourth-order valence-corrected chi connectivity index (χ4v) is 3.45. The van der Waals surface area contributed by atoms with E-state index in [1.165, 1.54) is 32.4 Å². The van der Waals surface area contributed by atoms with Crippen molar-refractivity contribution in [2.24, 2.45) is 0 Å². The maximum absolute atomic E-state index is 10.9. The molecule has 2 atom stereocenters. The molecule has 0 spiro atoms. The van der Waals surface area contributed by atoms with Gasteiger partial charge in [0.15, 0.2) is 0 Å². The number of nitrogens with zero attached hydrogens (tertiary/aromatic N) is 1. The van der Waals surface area contributed by atoms with E-state index >= 15 is 0 Å². The summed E-state index contributed by atoms with van der Waals surface area (Å²) in [5, 5.41) is 12.5. The molecular weight excluding hydrogens is 268 g/mol. The van der Waals surface area contributed by atoms with E-state index < -0.39 is 5.97 Å². The second kappa shape index (κ2) is 6.45. The average Bonchev–Trinajstić information content (AvgIpc) is 3.08. The number of nitrogens with one attached hydrogen (secondary N) is 1. The Morgan fingerprint density at radius 3 is 3.14 bits per heavy atom. The first-order chi connectivity index (χ1) is 10.2. The molecule has 0 aliphatic carbocycles. The van der Waals surface area contributed by atoms with E-state index in [2.05, 4.69) is 10.2 Å². The molecule has 2 heterocycles. The van der Waals surface area contributed by atoms with E-state index in [4.69, 9.17) is 9.84 Å². The van der Waals surface area contributed by atoms with Gasteiger partial charge in [0.1, 0.15) is 12.4 Å². The van der Waals surface area contributed by atoms with Crippen LogP contribution in [0.3, 0.4) is 0 Å². The normalized spacial score (nSPS) is 25.0. The van der Waals surface area contributed by atoms with Crippen molar-refractivity contribution in [2.45, 2.75) is 31.3 Å². The molecule has 114 valence electrons. The highest BCUT2D eigenvalue weighted by molar-refractivity contribution is 5.87. The summed E-state index contributed by atoms with van der Waals surface area (Å²) in [6, 6.07) is 7.93. The molecule has 0 radical (unpaired) electrons. The van der Waals surface area contributed by atoms with E-state index in [1.807, 2.05) is 0 Å². The van der Waals surface area contributed by atoms with Crippen LogP contribution in [0.1, 0.15) is 29.6 Å². The molecule has 5 nitrogen and oxygen atoms in total. The van der Waals surface area contributed by atoms with Crippen LogP contribution in [0.25, 0.3) is 0 Å². The van der Waals surface area contributed by atoms with Crippen molar-refractivity contribution in [1.29, 1.82) is 0 Å². The SMILES string of the molecule is O=C(O)c1cccc(OCCNC2CCN3CCCC23)c1. The van der Waals surface area contributed by atoms with Crippen molar-refractivity contribution in [3.63, 3.8) is 0 Å². The van der Waals surface area contributed by atoms with Crippen LogP contribution in [0.2, 0.25) is 0 Å². The highest BCUT2D eigenvalue weighted by Crippen LogP contribution is 2.27. The third-order valence-corrected chi connectivity index (χ3v) is 4.46. The third-order valence-electron chi connectivity index (χ3n) is 4.46. The second-order valence-electron chi connectivity index (χ2n) is 5.78. The Hall–Kier alpha value is -1.59. The van der Waals surface area contributed by atoms with Crippen molar-refractivity contribution < 1.29 is 14.6 Å². The minimum atomic E-state index is -0.925. The smallest absolute Gasteiger partial charge is 0.335 e. The van der Waals surface area contributed by atoms with Crippen LogP contribution < -0.4 is 10.1 Å². The number of hydrogen-bond donors (Lipinski definition) is 2. The largest absolute Gasteiger partial charge is 0.492 e. The molecule has 0 saturated carbocycles. The van der Waals surface area contributed by atoms with Gasteiger partial charge in [-0.25, -0.2) is 4.79 Å². The lowest BCUT2D eigenvalue weighted by Crippen LogP contribution is -2.40. The first-order valence-corrected chi connectivity index (χ1v) is 7.67. The predicted molar refractivity (Wildman–Crippen MR) is 79.9 cm³/mol. The zero-order valence-electron chi connectivity index (χ0n) is 12.1. The summed E-state index contributed by atoms with van der Waals surface area (Å²) in [6.07, 6.45) is 3.85. The Labute approximate surface area is 124 Å². The van der Waals surface area contributed by atoms with Gasteiger partial charge in [0.2, 0.25) is 0 Å². The topological polar surface area (TPSA) is 61.8 Å². The molecule has 1 aromatic carbocycles. The van der Waals surface area contributed by atoms with Crippen LogP contribution in [0.15, 0.2) is 24.3 Å². The molecule has 2 fully saturated rings. The number of ether oxygens (including phenoxy) is 1. The fraction of sp³-hybridized carbons (Fsp3) is 0.562. The molecule has 2 unspecified atom stereocenters. The van der Waals surface area contributed by atoms with Gasteiger partial charge in [0, 0.05) is 25.2 Å². The monoisotopic (exact) mass is 290 g/mol. The standard InChI is InChI=1S/C16H22N2O3/c19-16(20)12-3-1-4-13(11-12)21-10-7-17-14-6-9-18-8-2-5-15(14)18/h1,3-4,11,14-15,17H,2,5-10H2,(H,19,20). The third kappa shape index (κ3) is 3.36. The van der Waals surface area contributed by atoms with E-state index in [1.54, 1.807) is 24.3 Å². The van der Waals surface area contributed by atoms with Crippen LogP contribution >= 0.6 is 0 Å². The van der Waals surface area contributed by atoms with Gasteiger partial charge in [-0.05, 0) is 44.0 Å². The molecule has 0 bridgehead atoms. The number of aromatic carboxylic acids is 1. The van der Waals surface area contributed by atoms with Gasteiger partial charge in [0.25, 0.3) is 0 Å². The Morgan fingerprint density at radius 2 is 2.29 bits per heavy atom. The zero-order valence-corrected chi connectivity index (χ0v) is 12.1. The lowest BCUT2D eigenvalue weighted by Gasteiger charge is -2.21. The van der Waals surface area contributed by atoms with E-state index in [-0.39, 0.29) is 5.56 Å². The number of carboxylic acid groups (broad SMARTS) is 1. The summed E-state index contributed by atoms with van der Waals surface area (Å²) in [6.45, 7) is 3.82. The molecule has 0 amide bonds. The molecular formula is C16H22N2O3. The summed E-state index contributed by atoms with van der Waals surface area (Å²) in [5.41, 5.74) is 0.262. The highest BCUT2D eigenvalue weighted by Gasteiger charge is 2.36. The van der Waals surface area contributed by atoms with Crippen LogP contribution in [0, 0.1) is 0 Å². The van der Waals surface area contributed by atoms with Gasteiger partial charge < -0.3 is 15.2 Å². The Balaban J connectivity index is 1.42. The number of carbonyl (C=O) groups is 1. The highest BCUT2D eigenvalue weighted by atomic mass is 16.5. The van der Waals surface area contributed by atoms with Crippen LogP contribution in [0.4, 0.5) is 0 Å². The van der Waals surface area contributed by atoms with Crippen molar-refractivity contribution in [3.8, 4) is 5.75 Å². The lowest BCUT2D eigenvalue weighted by atomic mass is 10.1. The number of fused-ring (bicyclic) bond motifs is 1.